The zero-order valence-corrected chi connectivity index (χ0v) is 7.56. The first-order chi connectivity index (χ1) is 4.83. The van der Waals surface area contributed by atoms with Gasteiger partial charge in [0, 0.05) is 17.9 Å². The molecule has 0 aliphatic heterocycles. The summed E-state index contributed by atoms with van der Waals surface area (Å²) in [4.78, 5) is 7.92. The van der Waals surface area contributed by atoms with E-state index in [0.29, 0.717) is 5.15 Å². The van der Waals surface area contributed by atoms with Gasteiger partial charge in [-0.2, -0.15) is 0 Å². The second-order valence-corrected chi connectivity index (χ2v) is 2.95. The van der Waals surface area contributed by atoms with Gasteiger partial charge in [-0.15, -0.1) is 0 Å². The van der Waals surface area contributed by atoms with Crippen LogP contribution >= 0.6 is 27.5 Å². The van der Waals surface area contributed by atoms with Crippen molar-refractivity contribution >= 4 is 27.5 Å². The summed E-state index contributed by atoms with van der Waals surface area (Å²) in [6.07, 6.45) is 4.11. The third-order valence-corrected chi connectivity index (χ3v) is 1.58. The zero-order valence-electron chi connectivity index (χ0n) is 5.22. The second kappa shape index (κ2) is 3.88. The number of hydrogen-bond acceptors (Lipinski definition) is 2. The van der Waals surface area contributed by atoms with Crippen molar-refractivity contribution < 1.29 is 0 Å². The van der Waals surface area contributed by atoms with E-state index in [1.54, 1.807) is 6.20 Å². The van der Waals surface area contributed by atoms with Crippen molar-refractivity contribution in [3.8, 4) is 0 Å². The Bertz CT molecular complexity index is 217. The van der Waals surface area contributed by atoms with Gasteiger partial charge in [0.05, 0.1) is 11.9 Å². The minimum atomic E-state index is 0.457. The molecule has 0 amide bonds. The van der Waals surface area contributed by atoms with E-state index in [-0.39, 0.29) is 0 Å². The van der Waals surface area contributed by atoms with E-state index in [2.05, 4.69) is 25.9 Å². The first kappa shape index (κ1) is 7.95. The Labute approximate surface area is 72.8 Å². The molecule has 0 saturated heterocycles. The van der Waals surface area contributed by atoms with Crippen LogP contribution in [0.15, 0.2) is 12.4 Å². The van der Waals surface area contributed by atoms with Gasteiger partial charge in [0.1, 0.15) is 5.15 Å². The van der Waals surface area contributed by atoms with Crippen LogP contribution in [0.1, 0.15) is 5.69 Å². The molecule has 1 heterocycles. The van der Waals surface area contributed by atoms with E-state index in [9.17, 15) is 0 Å². The van der Waals surface area contributed by atoms with Crippen molar-refractivity contribution in [2.24, 2.45) is 0 Å². The molecule has 1 rings (SSSR count). The van der Waals surface area contributed by atoms with Gasteiger partial charge < -0.3 is 0 Å². The van der Waals surface area contributed by atoms with E-state index in [1.807, 2.05) is 0 Å². The molecule has 0 aliphatic carbocycles. The molecule has 0 aromatic carbocycles. The van der Waals surface area contributed by atoms with Crippen LogP contribution in [-0.4, -0.2) is 15.3 Å². The van der Waals surface area contributed by atoms with E-state index >= 15 is 0 Å². The lowest BCUT2D eigenvalue weighted by atomic mass is 10.4. The first-order valence-electron chi connectivity index (χ1n) is 2.85. The lowest BCUT2D eigenvalue weighted by Crippen LogP contribution is -1.91. The van der Waals surface area contributed by atoms with Crippen LogP contribution in [0.2, 0.25) is 5.15 Å². The molecule has 1 aromatic rings. The number of aryl methyl sites for hydroxylation is 1. The molecular formula is C6H6BrClN2. The van der Waals surface area contributed by atoms with Crippen LogP contribution in [0.5, 0.6) is 0 Å². The van der Waals surface area contributed by atoms with Crippen molar-refractivity contribution in [1.82, 2.24) is 9.97 Å². The lowest BCUT2D eigenvalue weighted by Gasteiger charge is -1.94. The average Bonchev–Trinajstić information content (AvgIpc) is 1.88. The Hall–Kier alpha value is -0.150. The lowest BCUT2D eigenvalue weighted by molar-refractivity contribution is 1.01. The van der Waals surface area contributed by atoms with E-state index < -0.39 is 0 Å². The highest BCUT2D eigenvalue weighted by molar-refractivity contribution is 9.09. The Balaban J connectivity index is 2.75. The summed E-state index contributed by atoms with van der Waals surface area (Å²) in [6, 6.07) is 0. The van der Waals surface area contributed by atoms with Gasteiger partial charge in [0.2, 0.25) is 0 Å². The smallest absolute Gasteiger partial charge is 0.147 e. The quantitative estimate of drug-likeness (QED) is 0.715. The van der Waals surface area contributed by atoms with E-state index in [1.165, 1.54) is 6.20 Å². The number of halogens is 2. The third kappa shape index (κ3) is 2.23. The van der Waals surface area contributed by atoms with Crippen LogP contribution in [-0.2, 0) is 6.42 Å². The Morgan fingerprint density at radius 3 is 2.90 bits per heavy atom. The maximum absolute atomic E-state index is 5.59. The Kier molecular flexibility index (Phi) is 3.09. The highest BCUT2D eigenvalue weighted by Crippen LogP contribution is 2.03. The molecule has 54 valence electrons. The van der Waals surface area contributed by atoms with Crippen molar-refractivity contribution in [3.05, 3.63) is 23.2 Å². The van der Waals surface area contributed by atoms with Gasteiger partial charge in [-0.05, 0) is 0 Å². The summed E-state index contributed by atoms with van der Waals surface area (Å²) in [5.41, 5.74) is 0.921. The molecule has 0 unspecified atom stereocenters. The van der Waals surface area contributed by atoms with E-state index in [0.717, 1.165) is 17.4 Å². The second-order valence-electron chi connectivity index (χ2n) is 1.77. The molecule has 4 heteroatoms. The minimum Gasteiger partial charge on any atom is -0.260 e. The number of hydrogen-bond donors (Lipinski definition) is 0. The summed E-state index contributed by atoms with van der Waals surface area (Å²) in [5, 5.41) is 1.35. The zero-order chi connectivity index (χ0) is 7.40. The monoisotopic (exact) mass is 220 g/mol. The molecular weight excluding hydrogens is 215 g/mol. The normalized spacial score (nSPS) is 9.80. The predicted molar refractivity (Wildman–Crippen MR) is 44.5 cm³/mol. The standard InChI is InChI=1S/C6H6BrClN2/c7-2-1-5-3-9-4-6(8)10-5/h3-4H,1-2H2. The Morgan fingerprint density at radius 2 is 2.30 bits per heavy atom. The van der Waals surface area contributed by atoms with Gasteiger partial charge in [-0.3, -0.25) is 4.98 Å². The van der Waals surface area contributed by atoms with Crippen LogP contribution in [0, 0.1) is 0 Å². The fourth-order valence-corrected chi connectivity index (χ4v) is 1.17. The predicted octanol–water partition coefficient (Wildman–Crippen LogP) is 2.07. The van der Waals surface area contributed by atoms with Crippen molar-refractivity contribution in [1.29, 1.82) is 0 Å². The summed E-state index contributed by atoms with van der Waals surface area (Å²) in [7, 11) is 0. The van der Waals surface area contributed by atoms with Crippen LogP contribution in [0.25, 0.3) is 0 Å². The highest BCUT2D eigenvalue weighted by Gasteiger charge is 1.93. The van der Waals surface area contributed by atoms with Crippen LogP contribution in [0.4, 0.5) is 0 Å². The number of alkyl halides is 1. The summed E-state index contributed by atoms with van der Waals surface area (Å²) in [6.45, 7) is 0. The maximum atomic E-state index is 5.59. The molecule has 0 radical (unpaired) electrons. The van der Waals surface area contributed by atoms with Gasteiger partial charge in [-0.25, -0.2) is 4.98 Å². The fraction of sp³-hybridized carbons (Fsp3) is 0.333. The molecule has 0 aliphatic rings. The molecule has 2 nitrogen and oxygen atoms in total. The highest BCUT2D eigenvalue weighted by atomic mass is 79.9. The van der Waals surface area contributed by atoms with E-state index in [4.69, 9.17) is 11.6 Å². The fourth-order valence-electron chi connectivity index (χ4n) is 0.597. The van der Waals surface area contributed by atoms with Gasteiger partial charge >= 0.3 is 0 Å². The van der Waals surface area contributed by atoms with Gasteiger partial charge in [-0.1, -0.05) is 27.5 Å². The van der Waals surface area contributed by atoms with Crippen LogP contribution in [0.3, 0.4) is 0 Å². The van der Waals surface area contributed by atoms with Crippen LogP contribution < -0.4 is 0 Å². The molecule has 0 spiro atoms. The third-order valence-electron chi connectivity index (χ3n) is 1.01. The molecule has 0 bridgehead atoms. The number of aromatic nitrogens is 2. The summed E-state index contributed by atoms with van der Waals surface area (Å²) < 4.78 is 0. The van der Waals surface area contributed by atoms with Crippen molar-refractivity contribution in [2.75, 3.05) is 5.33 Å². The first-order valence-corrected chi connectivity index (χ1v) is 4.35. The Morgan fingerprint density at radius 1 is 1.50 bits per heavy atom. The SMILES string of the molecule is Clc1cncc(CCBr)n1. The molecule has 0 atom stereocenters. The molecule has 1 aromatic heterocycles. The van der Waals surface area contributed by atoms with Gasteiger partial charge in [0.25, 0.3) is 0 Å². The summed E-state index contributed by atoms with van der Waals surface area (Å²) in [5.74, 6) is 0. The number of nitrogens with zero attached hydrogens (tertiary/aromatic N) is 2. The summed E-state index contributed by atoms with van der Waals surface area (Å²) >= 11 is 8.89. The minimum absolute atomic E-state index is 0.457. The largest absolute Gasteiger partial charge is 0.260 e. The molecule has 10 heavy (non-hydrogen) atoms. The maximum Gasteiger partial charge on any atom is 0.147 e. The van der Waals surface area contributed by atoms with Crippen molar-refractivity contribution in [3.63, 3.8) is 0 Å². The molecule has 0 N–H and O–H groups in total. The topological polar surface area (TPSA) is 25.8 Å². The molecule has 0 fully saturated rings. The average molecular weight is 221 g/mol. The van der Waals surface area contributed by atoms with Gasteiger partial charge in [0.15, 0.2) is 0 Å². The van der Waals surface area contributed by atoms with Crippen molar-refractivity contribution in [2.45, 2.75) is 6.42 Å². The molecule has 0 saturated carbocycles. The number of rotatable bonds is 2.